The average Bonchev–Trinajstić information content (AvgIpc) is 2.36. The maximum atomic E-state index is 11.3. The molecule has 0 radical (unpaired) electrons. The molecule has 0 aromatic heterocycles. The summed E-state index contributed by atoms with van der Waals surface area (Å²) >= 11 is 0. The quantitative estimate of drug-likeness (QED) is 0.590. The number of urea groups is 1. The van der Waals surface area contributed by atoms with Crippen LogP contribution in [0.3, 0.4) is 0 Å². The van der Waals surface area contributed by atoms with Gasteiger partial charge in [0.05, 0.1) is 19.8 Å². The largest absolute Gasteiger partial charge is 0.497 e. The number of benzene rings is 1. The molecule has 94 valence electrons. The number of hydrogen-bond donors (Lipinski definition) is 4. The Kier molecular flexibility index (Phi) is 5.25. The van der Waals surface area contributed by atoms with Crippen LogP contribution < -0.4 is 15.4 Å². The number of ether oxygens (including phenoxy) is 1. The summed E-state index contributed by atoms with van der Waals surface area (Å²) < 4.78 is 4.98. The Labute approximate surface area is 99.2 Å². The minimum Gasteiger partial charge on any atom is -0.497 e. The van der Waals surface area contributed by atoms with E-state index in [1.807, 2.05) is 0 Å². The van der Waals surface area contributed by atoms with Crippen LogP contribution in [-0.4, -0.2) is 42.6 Å². The number of anilines is 1. The zero-order valence-electron chi connectivity index (χ0n) is 9.51. The summed E-state index contributed by atoms with van der Waals surface area (Å²) in [6.07, 6.45) is -0.948. The second-order valence-electron chi connectivity index (χ2n) is 3.40. The zero-order chi connectivity index (χ0) is 12.7. The highest BCUT2D eigenvalue weighted by Crippen LogP contribution is 2.14. The van der Waals surface area contributed by atoms with Crippen molar-refractivity contribution in [2.24, 2.45) is 0 Å². The minimum atomic E-state index is -0.948. The van der Waals surface area contributed by atoms with E-state index in [4.69, 9.17) is 14.9 Å². The summed E-state index contributed by atoms with van der Waals surface area (Å²) in [4.78, 5) is 11.3. The number of aliphatic hydroxyl groups is 2. The third-order valence-electron chi connectivity index (χ3n) is 2.06. The van der Waals surface area contributed by atoms with E-state index in [9.17, 15) is 4.79 Å². The molecule has 4 N–H and O–H groups in total. The number of nitrogens with one attached hydrogen (secondary N) is 2. The Hall–Kier alpha value is -1.79. The molecule has 0 fully saturated rings. The Morgan fingerprint density at radius 1 is 1.41 bits per heavy atom. The van der Waals surface area contributed by atoms with Crippen molar-refractivity contribution in [3.05, 3.63) is 24.3 Å². The number of rotatable bonds is 5. The molecule has 0 saturated carbocycles. The van der Waals surface area contributed by atoms with Gasteiger partial charge in [-0.2, -0.15) is 0 Å². The molecule has 1 unspecified atom stereocenters. The first-order valence-electron chi connectivity index (χ1n) is 5.13. The van der Waals surface area contributed by atoms with E-state index in [-0.39, 0.29) is 13.2 Å². The summed E-state index contributed by atoms with van der Waals surface area (Å²) in [5.74, 6) is 0.701. The molecular weight excluding hydrogens is 224 g/mol. The second kappa shape index (κ2) is 6.72. The van der Waals surface area contributed by atoms with Crippen molar-refractivity contribution < 1.29 is 19.7 Å². The third-order valence-corrected chi connectivity index (χ3v) is 2.06. The van der Waals surface area contributed by atoms with Crippen LogP contribution in [0.1, 0.15) is 0 Å². The lowest BCUT2D eigenvalue weighted by molar-refractivity contribution is 0.0965. The second-order valence-corrected chi connectivity index (χ2v) is 3.40. The number of aliphatic hydroxyl groups excluding tert-OH is 2. The summed E-state index contributed by atoms with van der Waals surface area (Å²) in [5, 5.41) is 22.6. The fourth-order valence-corrected chi connectivity index (χ4v) is 1.12. The van der Waals surface area contributed by atoms with E-state index in [0.29, 0.717) is 11.4 Å². The maximum absolute atomic E-state index is 11.3. The summed E-state index contributed by atoms with van der Waals surface area (Å²) in [7, 11) is 1.56. The third kappa shape index (κ3) is 4.71. The van der Waals surface area contributed by atoms with Gasteiger partial charge >= 0.3 is 6.03 Å². The molecule has 6 heteroatoms. The number of methoxy groups -OCH3 is 1. The molecular formula is C11H16N2O4. The first-order valence-corrected chi connectivity index (χ1v) is 5.13. The monoisotopic (exact) mass is 240 g/mol. The molecule has 1 rings (SSSR count). The number of hydrogen-bond acceptors (Lipinski definition) is 4. The lowest BCUT2D eigenvalue weighted by atomic mass is 10.3. The Bertz CT molecular complexity index is 353. The summed E-state index contributed by atoms with van der Waals surface area (Å²) in [6.45, 7) is -0.388. The van der Waals surface area contributed by atoms with E-state index >= 15 is 0 Å². The predicted molar refractivity (Wildman–Crippen MR) is 63.1 cm³/mol. The highest BCUT2D eigenvalue weighted by atomic mass is 16.5. The Morgan fingerprint density at radius 2 is 2.06 bits per heavy atom. The molecule has 1 aromatic rings. The molecule has 0 aliphatic rings. The van der Waals surface area contributed by atoms with Gasteiger partial charge in [-0.15, -0.1) is 0 Å². The van der Waals surface area contributed by atoms with Crippen LogP contribution in [0.25, 0.3) is 0 Å². The van der Waals surface area contributed by atoms with Crippen LogP contribution in [0.15, 0.2) is 24.3 Å². The molecule has 0 aliphatic heterocycles. The molecule has 0 heterocycles. The van der Waals surface area contributed by atoms with E-state index in [2.05, 4.69) is 10.6 Å². The normalized spacial score (nSPS) is 11.7. The van der Waals surface area contributed by atoms with Gasteiger partial charge in [0, 0.05) is 12.2 Å². The topological polar surface area (TPSA) is 90.8 Å². The van der Waals surface area contributed by atoms with Gasteiger partial charge < -0.3 is 25.6 Å². The van der Waals surface area contributed by atoms with Crippen molar-refractivity contribution in [3.63, 3.8) is 0 Å². The zero-order valence-corrected chi connectivity index (χ0v) is 9.51. The average molecular weight is 240 g/mol. The van der Waals surface area contributed by atoms with Gasteiger partial charge in [0.2, 0.25) is 0 Å². The first-order chi connectivity index (χ1) is 8.15. The van der Waals surface area contributed by atoms with Crippen LogP contribution in [0.2, 0.25) is 0 Å². The summed E-state index contributed by atoms with van der Waals surface area (Å²) in [6, 6.07) is 6.39. The van der Waals surface area contributed by atoms with Crippen LogP contribution in [0, 0.1) is 0 Å². The molecule has 1 aromatic carbocycles. The van der Waals surface area contributed by atoms with Crippen molar-refractivity contribution in [1.29, 1.82) is 0 Å². The number of amides is 2. The van der Waals surface area contributed by atoms with Crippen molar-refractivity contribution in [1.82, 2.24) is 5.32 Å². The van der Waals surface area contributed by atoms with Gasteiger partial charge in [-0.3, -0.25) is 0 Å². The molecule has 0 bridgehead atoms. The fraction of sp³-hybridized carbons (Fsp3) is 0.364. The molecule has 0 spiro atoms. The van der Waals surface area contributed by atoms with Crippen LogP contribution >= 0.6 is 0 Å². The molecule has 1 atom stereocenters. The van der Waals surface area contributed by atoms with Crippen LogP contribution in [0.4, 0.5) is 10.5 Å². The predicted octanol–water partition coefficient (Wildman–Crippen LogP) is 0.170. The molecule has 0 aliphatic carbocycles. The van der Waals surface area contributed by atoms with Crippen molar-refractivity contribution in [2.75, 3.05) is 25.6 Å². The van der Waals surface area contributed by atoms with Crippen molar-refractivity contribution >= 4 is 11.7 Å². The van der Waals surface area contributed by atoms with E-state index in [0.717, 1.165) is 0 Å². The highest BCUT2D eigenvalue weighted by molar-refractivity contribution is 5.89. The van der Waals surface area contributed by atoms with Gasteiger partial charge in [-0.05, 0) is 24.3 Å². The molecule has 6 nitrogen and oxygen atoms in total. The van der Waals surface area contributed by atoms with Gasteiger partial charge in [0.15, 0.2) is 0 Å². The van der Waals surface area contributed by atoms with E-state index < -0.39 is 12.1 Å². The Balaban J connectivity index is 2.39. The summed E-state index contributed by atoms with van der Waals surface area (Å²) in [5.41, 5.74) is 0.613. The number of carbonyl (C=O) groups is 1. The van der Waals surface area contributed by atoms with Gasteiger partial charge in [0.25, 0.3) is 0 Å². The van der Waals surface area contributed by atoms with E-state index in [1.165, 1.54) is 0 Å². The molecule has 2 amide bonds. The van der Waals surface area contributed by atoms with Gasteiger partial charge in [0.1, 0.15) is 5.75 Å². The van der Waals surface area contributed by atoms with E-state index in [1.54, 1.807) is 31.4 Å². The smallest absolute Gasteiger partial charge is 0.319 e. The lowest BCUT2D eigenvalue weighted by Gasteiger charge is -2.10. The standard InChI is InChI=1S/C11H16N2O4/c1-17-10-4-2-8(3-5-10)13-11(16)12-6-9(15)7-14/h2-5,9,14-15H,6-7H2,1H3,(H2,12,13,16). The number of carbonyl (C=O) groups excluding carboxylic acids is 1. The SMILES string of the molecule is COc1ccc(NC(=O)NCC(O)CO)cc1. The Morgan fingerprint density at radius 3 is 2.59 bits per heavy atom. The maximum Gasteiger partial charge on any atom is 0.319 e. The van der Waals surface area contributed by atoms with Gasteiger partial charge in [-0.1, -0.05) is 0 Å². The van der Waals surface area contributed by atoms with Crippen LogP contribution in [0.5, 0.6) is 5.75 Å². The lowest BCUT2D eigenvalue weighted by Crippen LogP contribution is -2.36. The van der Waals surface area contributed by atoms with Crippen molar-refractivity contribution in [3.8, 4) is 5.75 Å². The van der Waals surface area contributed by atoms with Crippen molar-refractivity contribution in [2.45, 2.75) is 6.10 Å². The molecule has 0 saturated heterocycles. The molecule has 17 heavy (non-hydrogen) atoms. The highest BCUT2D eigenvalue weighted by Gasteiger charge is 2.05. The minimum absolute atomic E-state index is 0.00150. The first kappa shape index (κ1) is 13.3. The fourth-order valence-electron chi connectivity index (χ4n) is 1.12. The van der Waals surface area contributed by atoms with Gasteiger partial charge in [-0.25, -0.2) is 4.79 Å². The van der Waals surface area contributed by atoms with Crippen LogP contribution in [-0.2, 0) is 0 Å².